The zero-order valence-electron chi connectivity index (χ0n) is 11.8. The number of unbranched alkanes of at least 4 members (excludes halogenated alkanes) is 2. The Labute approximate surface area is 123 Å². The molecule has 2 rings (SSSR count). The number of nitrogens with zero attached hydrogens (tertiary/aromatic N) is 2. The van der Waals surface area contributed by atoms with Crippen LogP contribution in [0.5, 0.6) is 0 Å². The molecular weight excluding hydrogens is 274 g/mol. The van der Waals surface area contributed by atoms with Crippen LogP contribution < -0.4 is 5.32 Å². The number of hydrogen-bond acceptors (Lipinski definition) is 5. The lowest BCUT2D eigenvalue weighted by Gasteiger charge is -2.06. The minimum absolute atomic E-state index is 0.759. The molecule has 0 aromatic carbocycles. The molecule has 0 saturated carbocycles. The van der Waals surface area contributed by atoms with Crippen molar-refractivity contribution in [2.75, 3.05) is 17.6 Å². The first-order valence-electron chi connectivity index (χ1n) is 6.89. The zero-order valence-corrected chi connectivity index (χ0v) is 13.5. The summed E-state index contributed by atoms with van der Waals surface area (Å²) in [5, 5.41) is 5.56. The molecule has 19 heavy (non-hydrogen) atoms. The van der Waals surface area contributed by atoms with Gasteiger partial charge in [-0.05, 0) is 32.1 Å². The van der Waals surface area contributed by atoms with Crippen molar-refractivity contribution in [3.8, 4) is 0 Å². The standard InChI is InChI=1S/C14H21N3S2/c1-4-6-7-8-18-12-11-9-10(3)19-13(11)17-14(16-12)15-5-2/h9H,4-8H2,1-3H3,(H,15,16,17). The monoisotopic (exact) mass is 295 g/mol. The largest absolute Gasteiger partial charge is 0.354 e. The van der Waals surface area contributed by atoms with Crippen LogP contribution in [0.15, 0.2) is 11.1 Å². The van der Waals surface area contributed by atoms with Crippen LogP contribution >= 0.6 is 23.1 Å². The van der Waals surface area contributed by atoms with Crippen molar-refractivity contribution in [1.82, 2.24) is 9.97 Å². The average molecular weight is 295 g/mol. The van der Waals surface area contributed by atoms with Gasteiger partial charge in [0.1, 0.15) is 9.86 Å². The number of thioether (sulfide) groups is 1. The van der Waals surface area contributed by atoms with E-state index in [4.69, 9.17) is 0 Å². The molecular formula is C14H21N3S2. The van der Waals surface area contributed by atoms with E-state index in [1.807, 2.05) is 11.8 Å². The number of aryl methyl sites for hydroxylation is 1. The van der Waals surface area contributed by atoms with E-state index in [0.29, 0.717) is 0 Å². The minimum Gasteiger partial charge on any atom is -0.354 e. The molecule has 0 aliphatic rings. The molecule has 0 fully saturated rings. The maximum atomic E-state index is 4.65. The van der Waals surface area contributed by atoms with Gasteiger partial charge in [-0.25, -0.2) is 9.97 Å². The highest BCUT2D eigenvalue weighted by atomic mass is 32.2. The summed E-state index contributed by atoms with van der Waals surface area (Å²) < 4.78 is 0. The van der Waals surface area contributed by atoms with E-state index in [1.165, 1.54) is 29.5 Å². The molecule has 0 amide bonds. The van der Waals surface area contributed by atoms with E-state index in [2.05, 4.69) is 42.1 Å². The van der Waals surface area contributed by atoms with Gasteiger partial charge in [-0.15, -0.1) is 23.1 Å². The van der Waals surface area contributed by atoms with Crippen molar-refractivity contribution in [2.45, 2.75) is 45.1 Å². The van der Waals surface area contributed by atoms with E-state index in [1.54, 1.807) is 11.3 Å². The lowest BCUT2D eigenvalue weighted by Crippen LogP contribution is -2.02. The van der Waals surface area contributed by atoms with Crippen LogP contribution in [0.3, 0.4) is 0 Å². The van der Waals surface area contributed by atoms with Crippen LogP contribution in [0, 0.1) is 6.92 Å². The molecule has 0 spiro atoms. The second-order valence-electron chi connectivity index (χ2n) is 4.51. The molecule has 1 N–H and O–H groups in total. The van der Waals surface area contributed by atoms with Crippen LogP contribution in [-0.2, 0) is 0 Å². The Balaban J connectivity index is 2.22. The highest BCUT2D eigenvalue weighted by Gasteiger charge is 2.10. The van der Waals surface area contributed by atoms with E-state index in [9.17, 15) is 0 Å². The summed E-state index contributed by atoms with van der Waals surface area (Å²) in [5.41, 5.74) is 0. The third kappa shape index (κ3) is 3.83. The van der Waals surface area contributed by atoms with E-state index in [-0.39, 0.29) is 0 Å². The molecule has 0 bridgehead atoms. The number of fused-ring (bicyclic) bond motifs is 1. The maximum absolute atomic E-state index is 4.65. The predicted molar refractivity (Wildman–Crippen MR) is 86.6 cm³/mol. The first kappa shape index (κ1) is 14.6. The van der Waals surface area contributed by atoms with Gasteiger partial charge in [-0.1, -0.05) is 19.8 Å². The number of aromatic nitrogens is 2. The van der Waals surface area contributed by atoms with Crippen molar-refractivity contribution in [2.24, 2.45) is 0 Å². The third-order valence-corrected chi connectivity index (χ3v) is 4.82. The second-order valence-corrected chi connectivity index (χ2v) is 6.83. The fourth-order valence-electron chi connectivity index (χ4n) is 1.88. The number of anilines is 1. The Kier molecular flexibility index (Phi) is 5.45. The Hall–Kier alpha value is -0.810. The van der Waals surface area contributed by atoms with Crippen molar-refractivity contribution < 1.29 is 0 Å². The fraction of sp³-hybridized carbons (Fsp3) is 0.571. The topological polar surface area (TPSA) is 37.8 Å². The normalized spacial score (nSPS) is 11.1. The van der Waals surface area contributed by atoms with E-state index >= 15 is 0 Å². The molecule has 5 heteroatoms. The van der Waals surface area contributed by atoms with E-state index < -0.39 is 0 Å². The lowest BCUT2D eigenvalue weighted by molar-refractivity contribution is 0.778. The summed E-state index contributed by atoms with van der Waals surface area (Å²) in [7, 11) is 0. The summed E-state index contributed by atoms with van der Waals surface area (Å²) in [6.45, 7) is 7.29. The highest BCUT2D eigenvalue weighted by molar-refractivity contribution is 7.99. The fourth-order valence-corrected chi connectivity index (χ4v) is 3.83. The lowest BCUT2D eigenvalue weighted by atomic mass is 10.3. The molecule has 0 unspecified atom stereocenters. The average Bonchev–Trinajstić information content (AvgIpc) is 2.75. The molecule has 0 aliphatic carbocycles. The molecule has 0 saturated heterocycles. The third-order valence-electron chi connectivity index (χ3n) is 2.80. The van der Waals surface area contributed by atoms with Gasteiger partial charge in [0.05, 0.1) is 0 Å². The first-order valence-corrected chi connectivity index (χ1v) is 8.69. The quantitative estimate of drug-likeness (QED) is 0.456. The van der Waals surface area contributed by atoms with Gasteiger partial charge >= 0.3 is 0 Å². The van der Waals surface area contributed by atoms with E-state index in [0.717, 1.165) is 28.1 Å². The molecule has 0 aliphatic heterocycles. The maximum Gasteiger partial charge on any atom is 0.225 e. The predicted octanol–water partition coefficient (Wildman–Crippen LogP) is 4.71. The van der Waals surface area contributed by atoms with Gasteiger partial charge in [0, 0.05) is 16.8 Å². The Bertz CT molecular complexity index is 537. The Morgan fingerprint density at radius 1 is 1.26 bits per heavy atom. The molecule has 0 radical (unpaired) electrons. The summed E-state index contributed by atoms with van der Waals surface area (Å²) >= 11 is 3.60. The first-order chi connectivity index (χ1) is 9.24. The molecule has 2 aromatic heterocycles. The van der Waals surface area contributed by atoms with Gasteiger partial charge in [0.15, 0.2) is 0 Å². The summed E-state index contributed by atoms with van der Waals surface area (Å²) in [5.74, 6) is 1.90. The number of thiophene rings is 1. The van der Waals surface area contributed by atoms with Gasteiger partial charge < -0.3 is 5.32 Å². The van der Waals surface area contributed by atoms with Gasteiger partial charge in [0.2, 0.25) is 5.95 Å². The van der Waals surface area contributed by atoms with Gasteiger partial charge in [0.25, 0.3) is 0 Å². The second kappa shape index (κ2) is 7.10. The van der Waals surface area contributed by atoms with Crippen molar-refractivity contribution in [3.05, 3.63) is 10.9 Å². The number of hydrogen-bond donors (Lipinski definition) is 1. The van der Waals surface area contributed by atoms with Crippen molar-refractivity contribution >= 4 is 39.3 Å². The van der Waals surface area contributed by atoms with Crippen molar-refractivity contribution in [1.29, 1.82) is 0 Å². The van der Waals surface area contributed by atoms with Crippen LogP contribution in [0.1, 0.15) is 38.0 Å². The van der Waals surface area contributed by atoms with Crippen LogP contribution in [0.25, 0.3) is 10.2 Å². The number of rotatable bonds is 7. The van der Waals surface area contributed by atoms with Gasteiger partial charge in [-0.2, -0.15) is 0 Å². The van der Waals surface area contributed by atoms with Crippen LogP contribution in [0.4, 0.5) is 5.95 Å². The Morgan fingerprint density at radius 2 is 2.11 bits per heavy atom. The number of nitrogens with one attached hydrogen (secondary N) is 1. The summed E-state index contributed by atoms with van der Waals surface area (Å²) in [6.07, 6.45) is 3.82. The molecule has 2 heterocycles. The van der Waals surface area contributed by atoms with Crippen molar-refractivity contribution in [3.63, 3.8) is 0 Å². The summed E-state index contributed by atoms with van der Waals surface area (Å²) in [6, 6.07) is 2.21. The Morgan fingerprint density at radius 3 is 2.84 bits per heavy atom. The minimum atomic E-state index is 0.759. The molecule has 0 atom stereocenters. The van der Waals surface area contributed by atoms with Crippen LogP contribution in [0.2, 0.25) is 0 Å². The summed E-state index contributed by atoms with van der Waals surface area (Å²) in [4.78, 5) is 11.6. The van der Waals surface area contributed by atoms with Crippen LogP contribution in [-0.4, -0.2) is 22.3 Å². The molecule has 3 nitrogen and oxygen atoms in total. The smallest absolute Gasteiger partial charge is 0.225 e. The highest BCUT2D eigenvalue weighted by Crippen LogP contribution is 2.32. The van der Waals surface area contributed by atoms with Gasteiger partial charge in [-0.3, -0.25) is 0 Å². The zero-order chi connectivity index (χ0) is 13.7. The molecule has 2 aromatic rings. The SMILES string of the molecule is CCCCCSc1nc(NCC)nc2sc(C)cc12. The molecule has 104 valence electrons.